The highest BCUT2D eigenvalue weighted by molar-refractivity contribution is 5.83. The highest BCUT2D eigenvalue weighted by Crippen LogP contribution is 2.15. The summed E-state index contributed by atoms with van der Waals surface area (Å²) in [4.78, 5) is 12.1. The molecule has 3 aromatic rings. The number of rotatable bonds is 7. The predicted octanol–water partition coefficient (Wildman–Crippen LogP) is 4.45. The average molecular weight is 397 g/mol. The van der Waals surface area contributed by atoms with E-state index >= 15 is 0 Å². The molecule has 3 aromatic carbocycles. The van der Waals surface area contributed by atoms with E-state index in [4.69, 9.17) is 10.00 Å². The maximum absolute atomic E-state index is 12.1. The molecule has 0 bridgehead atoms. The molecular formula is C25H23N3O2. The largest absolute Gasteiger partial charge is 0.489 e. The summed E-state index contributed by atoms with van der Waals surface area (Å²) in [6.45, 7) is 4.40. The van der Waals surface area contributed by atoms with Gasteiger partial charge in [-0.2, -0.15) is 10.4 Å². The average Bonchev–Trinajstić information content (AvgIpc) is 2.76. The van der Waals surface area contributed by atoms with Gasteiger partial charge in [-0.05, 0) is 66.4 Å². The van der Waals surface area contributed by atoms with Crippen molar-refractivity contribution in [2.45, 2.75) is 26.9 Å². The van der Waals surface area contributed by atoms with Crippen molar-refractivity contribution in [3.05, 3.63) is 100 Å². The molecule has 0 aliphatic carbocycles. The fourth-order valence-corrected chi connectivity index (χ4v) is 2.88. The minimum Gasteiger partial charge on any atom is -0.489 e. The van der Waals surface area contributed by atoms with E-state index < -0.39 is 0 Å². The van der Waals surface area contributed by atoms with Crippen molar-refractivity contribution < 1.29 is 9.53 Å². The van der Waals surface area contributed by atoms with Crippen LogP contribution in [0.3, 0.4) is 0 Å². The number of nitrogens with zero attached hydrogens (tertiary/aromatic N) is 2. The van der Waals surface area contributed by atoms with Gasteiger partial charge in [0, 0.05) is 5.56 Å². The Bertz CT molecular complexity index is 1100. The van der Waals surface area contributed by atoms with Gasteiger partial charge in [-0.1, -0.05) is 36.4 Å². The third kappa shape index (κ3) is 5.79. The van der Waals surface area contributed by atoms with Crippen LogP contribution in [-0.4, -0.2) is 12.1 Å². The molecule has 1 amide bonds. The fourth-order valence-electron chi connectivity index (χ4n) is 2.88. The number of hydrogen-bond donors (Lipinski definition) is 1. The van der Waals surface area contributed by atoms with Gasteiger partial charge >= 0.3 is 0 Å². The zero-order valence-corrected chi connectivity index (χ0v) is 17.1. The van der Waals surface area contributed by atoms with Crippen LogP contribution >= 0.6 is 0 Å². The van der Waals surface area contributed by atoms with Gasteiger partial charge in [0.05, 0.1) is 24.3 Å². The molecule has 3 rings (SSSR count). The number of hydrogen-bond acceptors (Lipinski definition) is 4. The summed E-state index contributed by atoms with van der Waals surface area (Å²) in [6, 6.07) is 22.9. The summed E-state index contributed by atoms with van der Waals surface area (Å²) in [7, 11) is 0. The number of aryl methyl sites for hydroxylation is 2. The third-order valence-electron chi connectivity index (χ3n) is 4.75. The molecule has 0 unspecified atom stereocenters. The maximum Gasteiger partial charge on any atom is 0.244 e. The van der Waals surface area contributed by atoms with Crippen LogP contribution in [0, 0.1) is 25.2 Å². The molecule has 0 aliphatic rings. The molecule has 0 aliphatic heterocycles. The second-order valence-corrected chi connectivity index (χ2v) is 7.02. The fraction of sp³-hybridized carbons (Fsp3) is 0.160. The normalized spacial score (nSPS) is 10.6. The van der Waals surface area contributed by atoms with E-state index in [-0.39, 0.29) is 12.3 Å². The second kappa shape index (κ2) is 10.0. The zero-order valence-electron chi connectivity index (χ0n) is 17.1. The molecule has 5 heteroatoms. The van der Waals surface area contributed by atoms with Crippen molar-refractivity contribution in [1.29, 1.82) is 5.26 Å². The number of nitrogens with one attached hydrogen (secondary N) is 1. The van der Waals surface area contributed by atoms with E-state index in [1.807, 2.05) is 74.5 Å². The van der Waals surface area contributed by atoms with Crippen molar-refractivity contribution in [3.8, 4) is 11.8 Å². The quantitative estimate of drug-likeness (QED) is 0.473. The first-order valence-corrected chi connectivity index (χ1v) is 9.64. The summed E-state index contributed by atoms with van der Waals surface area (Å²) in [5.74, 6) is 0.532. The molecule has 150 valence electrons. The first-order valence-electron chi connectivity index (χ1n) is 9.64. The molecule has 0 aromatic heterocycles. The monoisotopic (exact) mass is 397 g/mol. The number of hydrazone groups is 1. The van der Waals surface area contributed by atoms with Crippen LogP contribution in [0.2, 0.25) is 0 Å². The van der Waals surface area contributed by atoms with E-state index in [0.29, 0.717) is 17.9 Å². The summed E-state index contributed by atoms with van der Waals surface area (Å²) in [5.41, 5.74) is 8.19. The van der Waals surface area contributed by atoms with Crippen LogP contribution in [-0.2, 0) is 17.8 Å². The Kier molecular flexibility index (Phi) is 6.96. The summed E-state index contributed by atoms with van der Waals surface area (Å²) in [6.07, 6.45) is 1.88. The number of nitriles is 1. The predicted molar refractivity (Wildman–Crippen MR) is 117 cm³/mol. The van der Waals surface area contributed by atoms with Crippen LogP contribution in [0.4, 0.5) is 0 Å². The SMILES string of the molecule is Cc1ccc(CC(=O)N/N=C\c2ccc(OCc3ccccc3C#N)cc2)cc1C. The van der Waals surface area contributed by atoms with Crippen LogP contribution < -0.4 is 10.2 Å². The number of carbonyl (C=O) groups excluding carboxylic acids is 1. The second-order valence-electron chi connectivity index (χ2n) is 7.02. The molecule has 5 nitrogen and oxygen atoms in total. The minimum atomic E-state index is -0.161. The van der Waals surface area contributed by atoms with Crippen molar-refractivity contribution in [1.82, 2.24) is 5.43 Å². The van der Waals surface area contributed by atoms with Gasteiger partial charge in [0.15, 0.2) is 0 Å². The minimum absolute atomic E-state index is 0.161. The Balaban J connectivity index is 1.50. The standard InChI is InChI=1S/C25H23N3O2/c1-18-7-8-21(13-19(18)2)14-25(29)28-27-16-20-9-11-24(12-10-20)30-17-23-6-4-3-5-22(23)15-26/h3-13,16H,14,17H2,1-2H3,(H,28,29)/b27-16-. The highest BCUT2D eigenvalue weighted by Gasteiger charge is 2.04. The Morgan fingerprint density at radius 3 is 2.57 bits per heavy atom. The molecule has 0 radical (unpaired) electrons. The molecule has 0 atom stereocenters. The smallest absolute Gasteiger partial charge is 0.244 e. The molecule has 0 spiro atoms. The Labute approximate surface area is 176 Å². The molecule has 1 N–H and O–H groups in total. The maximum atomic E-state index is 12.1. The van der Waals surface area contributed by atoms with Gasteiger partial charge in [-0.25, -0.2) is 5.43 Å². The molecular weight excluding hydrogens is 374 g/mol. The van der Waals surface area contributed by atoms with Crippen LogP contribution in [0.25, 0.3) is 0 Å². The van der Waals surface area contributed by atoms with Crippen molar-refractivity contribution in [2.75, 3.05) is 0 Å². The zero-order chi connectivity index (χ0) is 21.3. The first-order chi connectivity index (χ1) is 14.5. The Morgan fingerprint density at radius 2 is 1.83 bits per heavy atom. The van der Waals surface area contributed by atoms with Crippen molar-refractivity contribution in [2.24, 2.45) is 5.10 Å². The number of benzene rings is 3. The summed E-state index contributed by atoms with van der Waals surface area (Å²) in [5, 5.41) is 13.2. The Hall–Kier alpha value is -3.91. The van der Waals surface area contributed by atoms with Crippen LogP contribution in [0.5, 0.6) is 5.75 Å². The van der Waals surface area contributed by atoms with E-state index in [9.17, 15) is 4.79 Å². The highest BCUT2D eigenvalue weighted by atomic mass is 16.5. The van der Waals surface area contributed by atoms with E-state index in [0.717, 1.165) is 16.7 Å². The topological polar surface area (TPSA) is 74.5 Å². The lowest BCUT2D eigenvalue weighted by molar-refractivity contribution is -0.120. The molecule has 0 heterocycles. The lowest BCUT2D eigenvalue weighted by atomic mass is 10.0. The van der Waals surface area contributed by atoms with E-state index in [2.05, 4.69) is 16.6 Å². The van der Waals surface area contributed by atoms with E-state index in [1.165, 1.54) is 11.1 Å². The number of ether oxygens (including phenoxy) is 1. The van der Waals surface area contributed by atoms with Crippen molar-refractivity contribution in [3.63, 3.8) is 0 Å². The van der Waals surface area contributed by atoms with Gasteiger partial charge in [0.2, 0.25) is 5.91 Å². The lowest BCUT2D eigenvalue weighted by Gasteiger charge is -2.07. The lowest BCUT2D eigenvalue weighted by Crippen LogP contribution is -2.19. The van der Waals surface area contributed by atoms with Crippen LogP contribution in [0.15, 0.2) is 71.8 Å². The third-order valence-corrected chi connectivity index (χ3v) is 4.75. The Morgan fingerprint density at radius 1 is 1.07 bits per heavy atom. The molecule has 30 heavy (non-hydrogen) atoms. The van der Waals surface area contributed by atoms with E-state index in [1.54, 1.807) is 12.3 Å². The van der Waals surface area contributed by atoms with Gasteiger partial charge in [0.1, 0.15) is 12.4 Å². The summed E-state index contributed by atoms with van der Waals surface area (Å²) >= 11 is 0. The first kappa shape index (κ1) is 20.8. The number of amides is 1. The van der Waals surface area contributed by atoms with Gasteiger partial charge in [-0.15, -0.1) is 0 Å². The van der Waals surface area contributed by atoms with Crippen molar-refractivity contribution >= 4 is 12.1 Å². The molecule has 0 saturated heterocycles. The van der Waals surface area contributed by atoms with Gasteiger partial charge in [0.25, 0.3) is 0 Å². The molecule has 0 fully saturated rings. The summed E-state index contributed by atoms with van der Waals surface area (Å²) < 4.78 is 5.75. The molecule has 0 saturated carbocycles. The van der Waals surface area contributed by atoms with Gasteiger partial charge in [-0.3, -0.25) is 4.79 Å². The van der Waals surface area contributed by atoms with Gasteiger partial charge < -0.3 is 4.74 Å². The number of carbonyl (C=O) groups is 1. The van der Waals surface area contributed by atoms with Crippen LogP contribution in [0.1, 0.15) is 33.4 Å².